The van der Waals surface area contributed by atoms with Gasteiger partial charge in [0.2, 0.25) is 0 Å². The Balaban J connectivity index is 0.00000264. The summed E-state index contributed by atoms with van der Waals surface area (Å²) in [5, 5.41) is 12.3. The first kappa shape index (κ1) is 20.7. The summed E-state index contributed by atoms with van der Waals surface area (Å²) in [6.45, 7) is 2.57. The number of aliphatic hydroxyl groups is 1. The minimum Gasteiger partial charge on any atom is -0.382 e. The molecule has 0 fully saturated rings. The van der Waals surface area contributed by atoms with Crippen molar-refractivity contribution in [1.29, 1.82) is 0 Å². The number of hydrogen-bond donors (Lipinski definition) is 1. The summed E-state index contributed by atoms with van der Waals surface area (Å²) in [5.74, 6) is 1.60. The lowest BCUT2D eigenvalue weighted by Gasteiger charge is -2.30. The smallest absolute Gasteiger partial charge is 0.118 e. The van der Waals surface area contributed by atoms with E-state index in [0.29, 0.717) is 27.9 Å². The van der Waals surface area contributed by atoms with Crippen LogP contribution in [0.4, 0.5) is 0 Å². The average Bonchev–Trinajstić information content (AvgIpc) is 2.96. The van der Waals surface area contributed by atoms with Crippen LogP contribution in [0.1, 0.15) is 25.3 Å². The van der Waals surface area contributed by atoms with Crippen LogP contribution >= 0.6 is 47.4 Å². The van der Waals surface area contributed by atoms with Crippen molar-refractivity contribution in [3.8, 4) is 0 Å². The van der Waals surface area contributed by atoms with Crippen molar-refractivity contribution in [2.45, 2.75) is 31.9 Å². The highest BCUT2D eigenvalue weighted by molar-refractivity contribution is 7.99. The van der Waals surface area contributed by atoms with Crippen LogP contribution in [0.5, 0.6) is 0 Å². The van der Waals surface area contributed by atoms with Gasteiger partial charge in [0.25, 0.3) is 0 Å². The van der Waals surface area contributed by atoms with E-state index in [1.807, 2.05) is 16.8 Å². The van der Waals surface area contributed by atoms with E-state index in [0.717, 1.165) is 18.6 Å². The van der Waals surface area contributed by atoms with Gasteiger partial charge in [-0.15, -0.1) is 12.4 Å². The first-order chi connectivity index (χ1) is 10.5. The molecular formula is C16H21Cl3N2OS. The topological polar surface area (TPSA) is 38.0 Å². The van der Waals surface area contributed by atoms with E-state index in [-0.39, 0.29) is 12.4 Å². The fourth-order valence-electron chi connectivity index (χ4n) is 2.25. The summed E-state index contributed by atoms with van der Waals surface area (Å²) in [7, 11) is 0. The first-order valence-electron chi connectivity index (χ1n) is 7.26. The predicted molar refractivity (Wildman–Crippen MR) is 102 cm³/mol. The maximum absolute atomic E-state index is 11.2. The Morgan fingerprint density at radius 2 is 2.13 bits per heavy atom. The van der Waals surface area contributed by atoms with Crippen molar-refractivity contribution in [2.24, 2.45) is 0 Å². The summed E-state index contributed by atoms with van der Waals surface area (Å²) < 4.78 is 1.87. The van der Waals surface area contributed by atoms with Crippen molar-refractivity contribution in [3.05, 3.63) is 52.5 Å². The number of halogens is 3. The van der Waals surface area contributed by atoms with Crippen LogP contribution in [0.2, 0.25) is 10.0 Å². The molecule has 2 aromatic rings. The lowest BCUT2D eigenvalue weighted by Crippen LogP contribution is -2.34. The molecule has 1 heterocycles. The molecule has 1 aromatic heterocycles. The van der Waals surface area contributed by atoms with E-state index in [1.54, 1.807) is 36.4 Å². The standard InChI is InChI=1S/C16H20Cl2N2OS.ClH/c1-2-3-8-22-11-16(21,10-20-7-6-19-12-20)14-5-4-13(17)9-15(14)18;/h4-7,9,12,21H,2-3,8,10-11H2,1H3;1H/t16-;/m1./s1. The molecule has 2 rings (SSSR count). The number of rotatable bonds is 8. The molecule has 0 unspecified atom stereocenters. The van der Waals surface area contributed by atoms with E-state index in [2.05, 4.69) is 11.9 Å². The van der Waals surface area contributed by atoms with Crippen LogP contribution in [0.25, 0.3) is 0 Å². The minimum absolute atomic E-state index is 0. The van der Waals surface area contributed by atoms with E-state index >= 15 is 0 Å². The zero-order valence-corrected chi connectivity index (χ0v) is 16.1. The number of unbranched alkanes of at least 4 members (excludes halogenated alkanes) is 1. The third-order valence-corrected chi connectivity index (χ3v) is 5.23. The van der Waals surface area contributed by atoms with E-state index < -0.39 is 5.60 Å². The number of nitrogens with zero attached hydrogens (tertiary/aromatic N) is 2. The van der Waals surface area contributed by atoms with Crippen molar-refractivity contribution in [1.82, 2.24) is 9.55 Å². The van der Waals surface area contributed by atoms with Crippen molar-refractivity contribution < 1.29 is 5.11 Å². The Hall–Kier alpha value is -0.390. The average molecular weight is 396 g/mol. The zero-order valence-electron chi connectivity index (χ0n) is 12.9. The highest BCUT2D eigenvalue weighted by atomic mass is 35.5. The quantitative estimate of drug-likeness (QED) is 0.637. The van der Waals surface area contributed by atoms with Crippen molar-refractivity contribution in [3.63, 3.8) is 0 Å². The van der Waals surface area contributed by atoms with Gasteiger partial charge in [-0.1, -0.05) is 42.6 Å². The molecular weight excluding hydrogens is 375 g/mol. The molecule has 3 nitrogen and oxygen atoms in total. The van der Waals surface area contributed by atoms with Crippen LogP contribution in [0.3, 0.4) is 0 Å². The molecule has 0 spiro atoms. The van der Waals surface area contributed by atoms with E-state index in [4.69, 9.17) is 23.2 Å². The molecule has 7 heteroatoms. The lowest BCUT2D eigenvalue weighted by atomic mass is 9.95. The molecule has 0 saturated carbocycles. The molecule has 1 N–H and O–H groups in total. The fourth-order valence-corrected chi connectivity index (χ4v) is 4.05. The number of hydrogen-bond acceptors (Lipinski definition) is 3. The van der Waals surface area contributed by atoms with E-state index in [1.165, 1.54) is 0 Å². The molecule has 0 aliphatic rings. The van der Waals surface area contributed by atoms with Gasteiger partial charge in [0, 0.05) is 33.8 Å². The van der Waals surface area contributed by atoms with Gasteiger partial charge < -0.3 is 9.67 Å². The van der Waals surface area contributed by atoms with Gasteiger partial charge in [-0.2, -0.15) is 11.8 Å². The second kappa shape index (κ2) is 9.80. The maximum Gasteiger partial charge on any atom is 0.118 e. The number of imidazole rings is 1. The van der Waals surface area contributed by atoms with Crippen molar-refractivity contribution in [2.75, 3.05) is 11.5 Å². The summed E-state index contributed by atoms with van der Waals surface area (Å²) >= 11 is 14.0. The second-order valence-electron chi connectivity index (χ2n) is 5.30. The summed E-state index contributed by atoms with van der Waals surface area (Å²) in [5.41, 5.74) is -0.350. The van der Waals surface area contributed by atoms with Crippen LogP contribution in [0, 0.1) is 0 Å². The first-order valence-corrected chi connectivity index (χ1v) is 9.17. The molecule has 128 valence electrons. The van der Waals surface area contributed by atoms with Crippen LogP contribution in [-0.4, -0.2) is 26.2 Å². The minimum atomic E-state index is -1.05. The van der Waals surface area contributed by atoms with Gasteiger partial charge in [0.15, 0.2) is 0 Å². The Bertz CT molecular complexity index is 595. The molecule has 0 aliphatic carbocycles. The monoisotopic (exact) mass is 394 g/mol. The molecule has 1 aromatic carbocycles. The molecule has 0 radical (unpaired) electrons. The number of benzene rings is 1. The van der Waals surface area contributed by atoms with Crippen LogP contribution < -0.4 is 0 Å². The summed E-state index contributed by atoms with van der Waals surface area (Å²) in [4.78, 5) is 4.04. The predicted octanol–water partition coefficient (Wildman–Crippen LogP) is 5.03. The third-order valence-electron chi connectivity index (χ3n) is 3.42. The third kappa shape index (κ3) is 5.87. The van der Waals surface area contributed by atoms with Gasteiger partial charge >= 0.3 is 0 Å². The molecule has 1 atom stereocenters. The number of thioether (sulfide) groups is 1. The Kier molecular flexibility index (Phi) is 8.80. The lowest BCUT2D eigenvalue weighted by molar-refractivity contribution is 0.0435. The normalized spacial score (nSPS) is 13.4. The van der Waals surface area contributed by atoms with Gasteiger partial charge in [0.05, 0.1) is 12.9 Å². The maximum atomic E-state index is 11.2. The Labute approximate surface area is 157 Å². The number of aromatic nitrogens is 2. The van der Waals surface area contributed by atoms with E-state index in [9.17, 15) is 5.11 Å². The summed E-state index contributed by atoms with van der Waals surface area (Å²) in [6, 6.07) is 5.24. The highest BCUT2D eigenvalue weighted by Crippen LogP contribution is 2.34. The molecule has 0 bridgehead atoms. The van der Waals surface area contributed by atoms with Crippen LogP contribution in [-0.2, 0) is 12.1 Å². The Morgan fingerprint density at radius 3 is 2.74 bits per heavy atom. The van der Waals surface area contributed by atoms with Crippen LogP contribution in [0.15, 0.2) is 36.9 Å². The second-order valence-corrected chi connectivity index (χ2v) is 7.25. The molecule has 0 aliphatic heterocycles. The highest BCUT2D eigenvalue weighted by Gasteiger charge is 2.32. The zero-order chi connectivity index (χ0) is 16.0. The van der Waals surface area contributed by atoms with Gasteiger partial charge in [-0.05, 0) is 24.3 Å². The summed E-state index contributed by atoms with van der Waals surface area (Å²) in [6.07, 6.45) is 7.53. The van der Waals surface area contributed by atoms with Gasteiger partial charge in [0.1, 0.15) is 5.60 Å². The Morgan fingerprint density at radius 1 is 1.35 bits per heavy atom. The molecule has 0 saturated heterocycles. The largest absolute Gasteiger partial charge is 0.382 e. The fraction of sp³-hybridized carbons (Fsp3) is 0.438. The molecule has 0 amide bonds. The van der Waals surface area contributed by atoms with Gasteiger partial charge in [-0.25, -0.2) is 4.98 Å². The molecule has 23 heavy (non-hydrogen) atoms. The van der Waals surface area contributed by atoms with Crippen molar-refractivity contribution >= 4 is 47.4 Å². The van der Waals surface area contributed by atoms with Gasteiger partial charge in [-0.3, -0.25) is 0 Å². The SMILES string of the molecule is CCCCSC[C@](O)(Cn1ccnc1)c1ccc(Cl)cc1Cl.Cl.